The van der Waals surface area contributed by atoms with Crippen molar-refractivity contribution in [2.24, 2.45) is 10.9 Å². The minimum absolute atomic E-state index is 0.0100. The Hall–Kier alpha value is -2.09. The zero-order valence-electron chi connectivity index (χ0n) is 15.3. The number of nitrogens with zero attached hydrogens (tertiary/aromatic N) is 3. The first-order valence-electron chi connectivity index (χ1n) is 8.65. The largest absolute Gasteiger partial charge is 0.511 e. The third kappa shape index (κ3) is 5.25. The Morgan fingerprint density at radius 2 is 1.89 bits per heavy atom. The molecule has 2 heterocycles. The quantitative estimate of drug-likeness (QED) is 0.291. The van der Waals surface area contributed by atoms with E-state index in [1.165, 1.54) is 7.05 Å². The average Bonchev–Trinajstić information content (AvgIpc) is 2.95. The van der Waals surface area contributed by atoms with Gasteiger partial charge in [-0.15, -0.1) is 0 Å². The molecule has 0 aliphatic carbocycles. The number of sulfonamides is 1. The lowest BCUT2D eigenvalue weighted by atomic mass is 9.98. The average molecular weight is 428 g/mol. The summed E-state index contributed by atoms with van der Waals surface area (Å²) in [5.74, 6) is 0.0943. The van der Waals surface area contributed by atoms with Crippen molar-refractivity contribution in [1.82, 2.24) is 25.2 Å². The van der Waals surface area contributed by atoms with Crippen LogP contribution in [0.3, 0.4) is 0 Å². The third-order valence-electron chi connectivity index (χ3n) is 4.55. The van der Waals surface area contributed by atoms with Gasteiger partial charge in [0.25, 0.3) is 0 Å². The first kappa shape index (κ1) is 22.2. The molecule has 2 aliphatic rings. The Balaban J connectivity index is 1.72. The molecule has 0 aromatic heterocycles. The number of alkyl halides is 3. The maximum Gasteiger partial charge on any atom is 0.511 e. The van der Waals surface area contributed by atoms with Gasteiger partial charge in [0.1, 0.15) is 0 Å². The number of urea groups is 1. The molecule has 28 heavy (non-hydrogen) atoms. The van der Waals surface area contributed by atoms with E-state index < -0.39 is 21.6 Å². The second-order valence-corrected chi connectivity index (χ2v) is 8.31. The number of carbonyl (C=O) groups excluding carboxylic acids is 2. The summed E-state index contributed by atoms with van der Waals surface area (Å²) in [6.45, 7) is 0.455. The van der Waals surface area contributed by atoms with Crippen LogP contribution in [0.1, 0.15) is 12.8 Å². The molecule has 0 saturated carbocycles. The summed E-state index contributed by atoms with van der Waals surface area (Å²) >= 11 is 0. The number of imide groups is 1. The van der Waals surface area contributed by atoms with E-state index in [1.54, 1.807) is 0 Å². The fourth-order valence-corrected chi connectivity index (χ4v) is 3.91. The highest BCUT2D eigenvalue weighted by Gasteiger charge is 2.50. The van der Waals surface area contributed by atoms with Crippen LogP contribution in [-0.4, -0.2) is 87.3 Å². The molecule has 0 radical (unpaired) electrons. The van der Waals surface area contributed by atoms with Gasteiger partial charge in [0, 0.05) is 39.8 Å². The molecule has 2 rings (SSSR count). The molecule has 2 saturated heterocycles. The van der Waals surface area contributed by atoms with Crippen LogP contribution in [0.25, 0.3) is 0 Å². The van der Waals surface area contributed by atoms with E-state index >= 15 is 0 Å². The minimum Gasteiger partial charge on any atom is -0.356 e. The fraction of sp³-hybridized carbons (Fsp3) is 0.786. The van der Waals surface area contributed by atoms with Crippen molar-refractivity contribution < 1.29 is 31.2 Å². The number of carbonyl (C=O) groups is 2. The maximum absolute atomic E-state index is 12.6. The van der Waals surface area contributed by atoms with Crippen LogP contribution in [0.5, 0.6) is 0 Å². The molecule has 2 aliphatic heterocycles. The second kappa shape index (κ2) is 8.94. The van der Waals surface area contributed by atoms with Crippen LogP contribution < -0.4 is 16.0 Å². The molecule has 0 atom stereocenters. The number of nitrogens with one attached hydrogen (secondary N) is 3. The number of hydrogen-bond donors (Lipinski definition) is 3. The molecule has 0 spiro atoms. The van der Waals surface area contributed by atoms with Crippen molar-refractivity contribution in [1.29, 1.82) is 0 Å². The number of piperidine rings is 1. The molecule has 0 aromatic rings. The minimum atomic E-state index is -5.28. The van der Waals surface area contributed by atoms with Crippen LogP contribution in [0.4, 0.5) is 18.0 Å². The number of rotatable bonds is 6. The van der Waals surface area contributed by atoms with Crippen molar-refractivity contribution in [3.05, 3.63) is 0 Å². The summed E-state index contributed by atoms with van der Waals surface area (Å²) in [4.78, 5) is 28.0. The maximum atomic E-state index is 12.6. The van der Waals surface area contributed by atoms with Crippen molar-refractivity contribution in [2.75, 3.05) is 46.3 Å². The number of hydrogen-bond acceptors (Lipinski definition) is 5. The molecule has 0 bridgehead atoms. The molecule has 0 unspecified atom stereocenters. The molecule has 3 N–H and O–H groups in total. The predicted molar refractivity (Wildman–Crippen MR) is 93.7 cm³/mol. The summed E-state index contributed by atoms with van der Waals surface area (Å²) in [6.07, 6.45) is 0.587. The topological polar surface area (TPSA) is 123 Å². The molecule has 0 aromatic carbocycles. The summed E-state index contributed by atoms with van der Waals surface area (Å²) < 4.78 is 61.0. The molecular weight excluding hydrogens is 405 g/mol. The standard InChI is InChI=1S/C14H23F3N6O4S/c1-18-12(19-4-7-23-11(24)9-21-13(23)25)20-8-10-2-5-22(6-3-10)28(26,27)14(15,16)17/h10H,2-9H2,1H3,(H,21,25)(H2,18,19,20). The normalized spacial score (nSPS) is 20.4. The van der Waals surface area contributed by atoms with E-state index in [4.69, 9.17) is 0 Å². The van der Waals surface area contributed by atoms with E-state index in [9.17, 15) is 31.2 Å². The molecule has 10 nitrogen and oxygen atoms in total. The van der Waals surface area contributed by atoms with Crippen molar-refractivity contribution >= 4 is 27.9 Å². The van der Waals surface area contributed by atoms with Crippen LogP contribution in [0.15, 0.2) is 4.99 Å². The Morgan fingerprint density at radius 1 is 1.25 bits per heavy atom. The smallest absolute Gasteiger partial charge is 0.356 e. The Bertz CT molecular complexity index is 703. The summed E-state index contributed by atoms with van der Waals surface area (Å²) in [5, 5.41) is 8.37. The van der Waals surface area contributed by atoms with Gasteiger partial charge in [0.2, 0.25) is 5.91 Å². The molecule has 3 amide bonds. The molecule has 2 fully saturated rings. The Labute approximate surface area is 160 Å². The molecular formula is C14H23F3N6O4S. The van der Waals surface area contributed by atoms with Gasteiger partial charge in [-0.05, 0) is 18.8 Å². The number of guanidine groups is 1. The fourth-order valence-electron chi connectivity index (χ4n) is 2.93. The number of aliphatic imine (C=N–C) groups is 1. The lowest BCUT2D eigenvalue weighted by molar-refractivity contribution is -0.124. The monoisotopic (exact) mass is 428 g/mol. The van der Waals surface area contributed by atoms with E-state index in [2.05, 4.69) is 20.9 Å². The van der Waals surface area contributed by atoms with Crippen molar-refractivity contribution in [2.45, 2.75) is 18.3 Å². The highest BCUT2D eigenvalue weighted by molar-refractivity contribution is 7.90. The van der Waals surface area contributed by atoms with Gasteiger partial charge in [0.05, 0.1) is 6.54 Å². The molecule has 160 valence electrons. The Morgan fingerprint density at radius 3 is 2.39 bits per heavy atom. The lowest BCUT2D eigenvalue weighted by Crippen LogP contribution is -2.48. The van der Waals surface area contributed by atoms with Gasteiger partial charge >= 0.3 is 21.6 Å². The lowest BCUT2D eigenvalue weighted by Gasteiger charge is -2.31. The second-order valence-electron chi connectivity index (χ2n) is 6.38. The van der Waals surface area contributed by atoms with E-state index in [0.29, 0.717) is 29.7 Å². The predicted octanol–water partition coefficient (Wildman–Crippen LogP) is -0.735. The highest BCUT2D eigenvalue weighted by Crippen LogP contribution is 2.30. The van der Waals surface area contributed by atoms with Crippen LogP contribution in [0, 0.1) is 5.92 Å². The van der Waals surface area contributed by atoms with Gasteiger partial charge in [-0.25, -0.2) is 13.2 Å². The van der Waals surface area contributed by atoms with E-state index in [0.717, 1.165) is 4.90 Å². The van der Waals surface area contributed by atoms with Gasteiger partial charge in [-0.2, -0.15) is 17.5 Å². The van der Waals surface area contributed by atoms with Crippen LogP contribution >= 0.6 is 0 Å². The highest BCUT2D eigenvalue weighted by atomic mass is 32.2. The summed E-state index contributed by atoms with van der Waals surface area (Å²) in [6, 6.07) is -0.449. The first-order chi connectivity index (χ1) is 13.1. The van der Waals surface area contributed by atoms with Gasteiger partial charge in [-0.1, -0.05) is 0 Å². The summed E-state index contributed by atoms with van der Waals surface area (Å²) in [7, 11) is -3.75. The molecule has 14 heteroatoms. The van der Waals surface area contributed by atoms with E-state index in [-0.39, 0.29) is 44.5 Å². The number of amides is 3. The van der Waals surface area contributed by atoms with Gasteiger partial charge in [-0.3, -0.25) is 14.7 Å². The van der Waals surface area contributed by atoms with Gasteiger partial charge < -0.3 is 16.0 Å². The number of halogens is 3. The van der Waals surface area contributed by atoms with Crippen LogP contribution in [0.2, 0.25) is 0 Å². The first-order valence-corrected chi connectivity index (χ1v) is 10.1. The zero-order chi connectivity index (χ0) is 20.9. The SMILES string of the molecule is CN=C(NCCN1C(=O)CNC1=O)NCC1CCN(S(=O)(=O)C(F)(F)F)CC1. The third-order valence-corrected chi connectivity index (χ3v) is 6.18. The zero-order valence-corrected chi connectivity index (χ0v) is 16.1. The van der Waals surface area contributed by atoms with Crippen molar-refractivity contribution in [3.8, 4) is 0 Å². The Kier molecular flexibility index (Phi) is 7.09. The van der Waals surface area contributed by atoms with E-state index in [1.807, 2.05) is 0 Å². The van der Waals surface area contributed by atoms with Gasteiger partial charge in [0.15, 0.2) is 5.96 Å². The van der Waals surface area contributed by atoms with Crippen molar-refractivity contribution in [3.63, 3.8) is 0 Å². The van der Waals surface area contributed by atoms with Crippen LogP contribution in [-0.2, 0) is 14.8 Å². The summed E-state index contributed by atoms with van der Waals surface area (Å²) in [5.41, 5.74) is -5.28.